The molecule has 5 heteroatoms. The van der Waals surface area contributed by atoms with Gasteiger partial charge >= 0.3 is 0 Å². The summed E-state index contributed by atoms with van der Waals surface area (Å²) in [6, 6.07) is 5.53. The number of hydrogen-bond donors (Lipinski definition) is 1. The molecule has 0 fully saturated rings. The first kappa shape index (κ1) is 16.6. The molecule has 1 aromatic carbocycles. The Hall–Kier alpha value is -1.46. The molecule has 0 bridgehead atoms. The maximum absolute atomic E-state index is 6.00. The fourth-order valence-corrected chi connectivity index (χ4v) is 1.62. The maximum Gasteiger partial charge on any atom is 0.146 e. The minimum absolute atomic E-state index is 0.0802. The van der Waals surface area contributed by atoms with Gasteiger partial charge in [-0.3, -0.25) is 0 Å². The monoisotopic (exact) mass is 283 g/mol. The van der Waals surface area contributed by atoms with Gasteiger partial charge in [0.2, 0.25) is 0 Å². The highest BCUT2D eigenvalue weighted by Gasteiger charge is 2.08. The van der Waals surface area contributed by atoms with Crippen molar-refractivity contribution in [3.63, 3.8) is 0 Å². The van der Waals surface area contributed by atoms with Gasteiger partial charge in [-0.25, -0.2) is 0 Å². The molecule has 20 heavy (non-hydrogen) atoms. The van der Waals surface area contributed by atoms with E-state index in [1.54, 1.807) is 7.11 Å². The van der Waals surface area contributed by atoms with Crippen molar-refractivity contribution in [3.05, 3.63) is 18.2 Å². The van der Waals surface area contributed by atoms with Crippen molar-refractivity contribution in [2.24, 2.45) is 0 Å². The molecule has 0 radical (unpaired) electrons. The van der Waals surface area contributed by atoms with E-state index in [9.17, 15) is 0 Å². The number of hydrogen-bond acceptors (Lipinski definition) is 5. The fraction of sp³-hybridized carbons (Fsp3) is 0.600. The third kappa shape index (κ3) is 6.12. The van der Waals surface area contributed by atoms with E-state index < -0.39 is 0 Å². The average Bonchev–Trinajstić information content (AvgIpc) is 2.41. The van der Waals surface area contributed by atoms with Crippen LogP contribution < -0.4 is 15.2 Å². The van der Waals surface area contributed by atoms with Gasteiger partial charge in [0.1, 0.15) is 23.8 Å². The molecule has 0 aliphatic rings. The van der Waals surface area contributed by atoms with Crippen LogP contribution in [0.4, 0.5) is 5.69 Å². The van der Waals surface area contributed by atoms with Crippen LogP contribution in [-0.4, -0.2) is 39.6 Å². The third-order valence-corrected chi connectivity index (χ3v) is 2.51. The normalized spacial score (nSPS) is 10.8. The summed E-state index contributed by atoms with van der Waals surface area (Å²) in [6.45, 7) is 6.29. The van der Waals surface area contributed by atoms with Crippen LogP contribution in [0, 0.1) is 0 Å². The van der Waals surface area contributed by atoms with Gasteiger partial charge < -0.3 is 24.7 Å². The Morgan fingerprint density at radius 3 is 2.50 bits per heavy atom. The molecule has 1 rings (SSSR count). The summed E-state index contributed by atoms with van der Waals surface area (Å²) in [7, 11) is 1.68. The van der Waals surface area contributed by atoms with E-state index in [4.69, 9.17) is 24.7 Å². The predicted molar refractivity (Wildman–Crippen MR) is 79.4 cm³/mol. The summed E-state index contributed by atoms with van der Waals surface area (Å²) in [5, 5.41) is 0. The van der Waals surface area contributed by atoms with Crippen LogP contribution in [-0.2, 0) is 9.47 Å². The topological polar surface area (TPSA) is 62.9 Å². The van der Waals surface area contributed by atoms with Gasteiger partial charge in [-0.1, -0.05) is 6.07 Å². The first-order chi connectivity index (χ1) is 9.65. The molecule has 0 unspecified atom stereocenters. The Morgan fingerprint density at radius 2 is 1.80 bits per heavy atom. The number of ether oxygens (including phenoxy) is 4. The van der Waals surface area contributed by atoms with Gasteiger partial charge in [0.25, 0.3) is 0 Å². The van der Waals surface area contributed by atoms with Crippen molar-refractivity contribution < 1.29 is 18.9 Å². The van der Waals surface area contributed by atoms with E-state index >= 15 is 0 Å². The Morgan fingerprint density at radius 1 is 1.05 bits per heavy atom. The Labute approximate surface area is 121 Å². The van der Waals surface area contributed by atoms with Crippen LogP contribution in [0.25, 0.3) is 0 Å². The quantitative estimate of drug-likeness (QED) is 0.528. The van der Waals surface area contributed by atoms with Crippen LogP contribution in [0.2, 0.25) is 0 Å². The molecule has 114 valence electrons. The zero-order valence-electron chi connectivity index (χ0n) is 12.6. The van der Waals surface area contributed by atoms with Crippen LogP contribution in [0.15, 0.2) is 18.2 Å². The Kier molecular flexibility index (Phi) is 7.84. The molecule has 0 heterocycles. The molecule has 5 nitrogen and oxygen atoms in total. The summed E-state index contributed by atoms with van der Waals surface area (Å²) in [5.74, 6) is 1.28. The lowest BCUT2D eigenvalue weighted by atomic mass is 10.2. The molecule has 2 N–H and O–H groups in total. The van der Waals surface area contributed by atoms with Gasteiger partial charge in [0, 0.05) is 20.3 Å². The van der Waals surface area contributed by atoms with E-state index in [2.05, 4.69) is 0 Å². The zero-order valence-corrected chi connectivity index (χ0v) is 12.6. The van der Waals surface area contributed by atoms with E-state index in [-0.39, 0.29) is 6.10 Å². The van der Waals surface area contributed by atoms with Crippen LogP contribution in [0.5, 0.6) is 11.5 Å². The second-order valence-corrected chi connectivity index (χ2v) is 4.64. The fourth-order valence-electron chi connectivity index (χ4n) is 1.62. The minimum atomic E-state index is 0.0802. The number of nitrogen functional groups attached to an aromatic ring is 1. The van der Waals surface area contributed by atoms with Gasteiger partial charge in [-0.2, -0.15) is 0 Å². The summed E-state index contributed by atoms with van der Waals surface area (Å²) in [4.78, 5) is 0. The molecule has 0 saturated carbocycles. The second kappa shape index (κ2) is 9.44. The summed E-state index contributed by atoms with van der Waals surface area (Å²) in [5.41, 5.74) is 6.53. The number of methoxy groups -OCH3 is 1. The molecular formula is C15H25NO4. The second-order valence-electron chi connectivity index (χ2n) is 4.64. The van der Waals surface area contributed by atoms with Gasteiger partial charge in [-0.15, -0.1) is 0 Å². The first-order valence-corrected chi connectivity index (χ1v) is 6.89. The van der Waals surface area contributed by atoms with Crippen molar-refractivity contribution in [1.82, 2.24) is 0 Å². The number of para-hydroxylation sites is 1. The highest BCUT2D eigenvalue weighted by atomic mass is 16.5. The summed E-state index contributed by atoms with van der Waals surface area (Å²) < 4.78 is 21.6. The van der Waals surface area contributed by atoms with Crippen molar-refractivity contribution in [2.75, 3.05) is 39.3 Å². The van der Waals surface area contributed by atoms with Crippen molar-refractivity contribution in [2.45, 2.75) is 26.4 Å². The molecule has 0 aliphatic heterocycles. The van der Waals surface area contributed by atoms with Crippen molar-refractivity contribution in [3.8, 4) is 11.5 Å². The Balaban J connectivity index is 2.33. The minimum Gasteiger partial charge on any atom is -0.489 e. The molecule has 0 aromatic heterocycles. The third-order valence-electron chi connectivity index (χ3n) is 2.51. The molecule has 0 saturated heterocycles. The smallest absolute Gasteiger partial charge is 0.146 e. The molecule has 0 aliphatic carbocycles. The largest absolute Gasteiger partial charge is 0.489 e. The van der Waals surface area contributed by atoms with E-state index in [0.717, 1.165) is 6.42 Å². The zero-order chi connectivity index (χ0) is 14.8. The SMILES string of the molecule is COCCCOCCOc1cccc(OC(C)C)c1N. The first-order valence-electron chi connectivity index (χ1n) is 6.89. The van der Waals surface area contributed by atoms with E-state index in [1.807, 2.05) is 32.0 Å². The van der Waals surface area contributed by atoms with Crippen molar-refractivity contribution in [1.29, 1.82) is 0 Å². The lowest BCUT2D eigenvalue weighted by molar-refractivity contribution is 0.0807. The maximum atomic E-state index is 6.00. The number of rotatable bonds is 10. The summed E-state index contributed by atoms with van der Waals surface area (Å²) in [6.07, 6.45) is 0.966. The summed E-state index contributed by atoms with van der Waals surface area (Å²) >= 11 is 0. The highest BCUT2D eigenvalue weighted by molar-refractivity contribution is 5.62. The Bertz CT molecular complexity index is 382. The molecule has 0 atom stereocenters. The predicted octanol–water partition coefficient (Wildman–Crippen LogP) is 2.49. The number of benzene rings is 1. The highest BCUT2D eigenvalue weighted by Crippen LogP contribution is 2.31. The van der Waals surface area contributed by atoms with Gasteiger partial charge in [0.15, 0.2) is 0 Å². The number of nitrogens with two attached hydrogens (primary N) is 1. The molecule has 1 aromatic rings. The lowest BCUT2D eigenvalue weighted by Crippen LogP contribution is -2.11. The number of anilines is 1. The van der Waals surface area contributed by atoms with Crippen LogP contribution >= 0.6 is 0 Å². The molecule has 0 spiro atoms. The molecule has 0 amide bonds. The average molecular weight is 283 g/mol. The van der Waals surface area contributed by atoms with Crippen molar-refractivity contribution >= 4 is 5.69 Å². The van der Waals surface area contributed by atoms with Crippen LogP contribution in [0.1, 0.15) is 20.3 Å². The van der Waals surface area contributed by atoms with Gasteiger partial charge in [0.05, 0.1) is 12.7 Å². The molecular weight excluding hydrogens is 258 g/mol. The van der Waals surface area contributed by atoms with Crippen LogP contribution in [0.3, 0.4) is 0 Å². The van der Waals surface area contributed by atoms with E-state index in [0.29, 0.717) is 43.6 Å². The lowest BCUT2D eigenvalue weighted by Gasteiger charge is -2.15. The van der Waals surface area contributed by atoms with Gasteiger partial charge in [-0.05, 0) is 32.4 Å². The van der Waals surface area contributed by atoms with E-state index in [1.165, 1.54) is 0 Å². The standard InChI is InChI=1S/C15H25NO4/c1-12(2)20-14-7-4-6-13(15(14)16)19-11-10-18-9-5-8-17-3/h4,6-7,12H,5,8-11,16H2,1-3H3.